The summed E-state index contributed by atoms with van der Waals surface area (Å²) in [5.74, 6) is 0.367. The van der Waals surface area contributed by atoms with Crippen LogP contribution in [0.2, 0.25) is 0 Å². The van der Waals surface area contributed by atoms with Crippen molar-refractivity contribution in [3.63, 3.8) is 0 Å². The predicted octanol–water partition coefficient (Wildman–Crippen LogP) is 0.663. The molecule has 1 heterocycles. The van der Waals surface area contributed by atoms with Crippen LogP contribution in [0.25, 0.3) is 16.6 Å². The Morgan fingerprint density at radius 3 is 2.29 bits per heavy atom. The third kappa shape index (κ3) is 3.18. The van der Waals surface area contributed by atoms with E-state index in [1.165, 1.54) is 33.5 Å². The molecular weight excluding hydrogens is 366 g/mol. The number of fused-ring (bicyclic) bond motifs is 1. The molecule has 0 spiro atoms. The number of benzene rings is 2. The van der Waals surface area contributed by atoms with Gasteiger partial charge in [0.05, 0.1) is 37.9 Å². The number of methoxy groups -OCH3 is 3. The van der Waals surface area contributed by atoms with Crippen LogP contribution in [0.15, 0.2) is 46.0 Å². The van der Waals surface area contributed by atoms with Crippen LogP contribution in [0.5, 0.6) is 17.2 Å². The molecule has 9 nitrogen and oxygen atoms in total. The van der Waals surface area contributed by atoms with Gasteiger partial charge in [0.1, 0.15) is 12.3 Å². The van der Waals surface area contributed by atoms with Gasteiger partial charge in [0.25, 0.3) is 5.56 Å². The zero-order chi connectivity index (χ0) is 20.4. The molecule has 0 saturated heterocycles. The standard InChI is InChI=1S/C19H19N3O6/c1-26-12-6-4-5-11(7-12)22-18(24)13-8-15(27-2)16(28-3)9-14(13)21(19(22)25)10-17(20)23/h4-9H,10H2,1-3H3,(H2,20,23). The van der Waals surface area contributed by atoms with Crippen LogP contribution in [0.1, 0.15) is 0 Å². The van der Waals surface area contributed by atoms with Crippen LogP contribution in [0.4, 0.5) is 0 Å². The number of carbonyl (C=O) groups is 1. The van der Waals surface area contributed by atoms with Crippen molar-refractivity contribution in [1.82, 2.24) is 9.13 Å². The molecule has 0 bridgehead atoms. The van der Waals surface area contributed by atoms with Crippen molar-refractivity contribution in [3.8, 4) is 22.9 Å². The summed E-state index contributed by atoms with van der Waals surface area (Å²) in [6, 6.07) is 9.40. The minimum atomic E-state index is -0.728. The summed E-state index contributed by atoms with van der Waals surface area (Å²) >= 11 is 0. The Morgan fingerprint density at radius 2 is 1.68 bits per heavy atom. The van der Waals surface area contributed by atoms with Crippen LogP contribution in [0.3, 0.4) is 0 Å². The van der Waals surface area contributed by atoms with Gasteiger partial charge in [0.15, 0.2) is 11.5 Å². The molecule has 0 fully saturated rings. The summed E-state index contributed by atoms with van der Waals surface area (Å²) in [6.07, 6.45) is 0. The lowest BCUT2D eigenvalue weighted by atomic mass is 10.2. The van der Waals surface area contributed by atoms with Crippen LogP contribution >= 0.6 is 0 Å². The molecule has 0 saturated carbocycles. The Morgan fingerprint density at radius 1 is 1.00 bits per heavy atom. The van der Waals surface area contributed by atoms with Crippen molar-refractivity contribution in [2.75, 3.05) is 21.3 Å². The third-order valence-electron chi connectivity index (χ3n) is 4.27. The van der Waals surface area contributed by atoms with Gasteiger partial charge in [-0.3, -0.25) is 14.2 Å². The summed E-state index contributed by atoms with van der Waals surface area (Å²) in [5, 5.41) is 0.168. The Hall–Kier alpha value is -3.75. The molecule has 0 atom stereocenters. The zero-order valence-electron chi connectivity index (χ0n) is 15.6. The predicted molar refractivity (Wildman–Crippen MR) is 103 cm³/mol. The Bertz CT molecular complexity index is 1180. The lowest BCUT2D eigenvalue weighted by molar-refractivity contribution is -0.118. The van der Waals surface area contributed by atoms with Crippen molar-refractivity contribution in [2.45, 2.75) is 6.54 Å². The van der Waals surface area contributed by atoms with Crippen LogP contribution < -0.4 is 31.2 Å². The number of hydrogen-bond donors (Lipinski definition) is 1. The lowest BCUT2D eigenvalue weighted by Gasteiger charge is -2.16. The highest BCUT2D eigenvalue weighted by molar-refractivity contribution is 5.84. The van der Waals surface area contributed by atoms with Gasteiger partial charge in [0.2, 0.25) is 5.91 Å². The Labute approximate surface area is 159 Å². The molecule has 3 aromatic rings. The van der Waals surface area contributed by atoms with Gasteiger partial charge >= 0.3 is 5.69 Å². The SMILES string of the molecule is COc1cccc(-n2c(=O)c3cc(OC)c(OC)cc3n(CC(N)=O)c2=O)c1. The molecule has 28 heavy (non-hydrogen) atoms. The van der Waals surface area contributed by atoms with E-state index in [9.17, 15) is 14.4 Å². The van der Waals surface area contributed by atoms with E-state index in [4.69, 9.17) is 19.9 Å². The normalized spacial score (nSPS) is 10.7. The molecule has 3 rings (SSSR count). The second-order valence-corrected chi connectivity index (χ2v) is 5.90. The molecule has 0 aliphatic rings. The van der Waals surface area contributed by atoms with E-state index in [1.54, 1.807) is 24.3 Å². The number of primary amides is 1. The molecule has 0 radical (unpaired) electrons. The van der Waals surface area contributed by atoms with Crippen molar-refractivity contribution >= 4 is 16.8 Å². The van der Waals surface area contributed by atoms with Crippen molar-refractivity contribution < 1.29 is 19.0 Å². The van der Waals surface area contributed by atoms with Gasteiger partial charge in [-0.2, -0.15) is 0 Å². The second kappa shape index (κ2) is 7.47. The van der Waals surface area contributed by atoms with E-state index < -0.39 is 23.7 Å². The van der Waals surface area contributed by atoms with Crippen molar-refractivity contribution in [1.29, 1.82) is 0 Å². The quantitative estimate of drug-likeness (QED) is 0.667. The third-order valence-corrected chi connectivity index (χ3v) is 4.27. The van der Waals surface area contributed by atoms with E-state index in [2.05, 4.69) is 0 Å². The van der Waals surface area contributed by atoms with Gasteiger partial charge in [-0.15, -0.1) is 0 Å². The average molecular weight is 385 g/mol. The molecular formula is C19H19N3O6. The molecule has 0 aliphatic carbocycles. The number of hydrogen-bond acceptors (Lipinski definition) is 6. The van der Waals surface area contributed by atoms with E-state index >= 15 is 0 Å². The van der Waals surface area contributed by atoms with Gasteiger partial charge in [-0.05, 0) is 18.2 Å². The molecule has 0 aliphatic heterocycles. The first-order valence-corrected chi connectivity index (χ1v) is 8.25. The Balaban J connectivity index is 2.47. The maximum absolute atomic E-state index is 13.2. The fourth-order valence-electron chi connectivity index (χ4n) is 2.98. The maximum Gasteiger partial charge on any atom is 0.336 e. The number of amides is 1. The smallest absolute Gasteiger partial charge is 0.336 e. The van der Waals surface area contributed by atoms with E-state index in [0.29, 0.717) is 22.9 Å². The first kappa shape index (κ1) is 19.0. The molecule has 146 valence electrons. The van der Waals surface area contributed by atoms with Crippen LogP contribution in [-0.2, 0) is 11.3 Å². The monoisotopic (exact) mass is 385 g/mol. The van der Waals surface area contributed by atoms with E-state index in [0.717, 1.165) is 9.13 Å². The van der Waals surface area contributed by atoms with Gasteiger partial charge < -0.3 is 19.9 Å². The number of nitrogens with zero attached hydrogens (tertiary/aromatic N) is 2. The molecule has 9 heteroatoms. The summed E-state index contributed by atoms with van der Waals surface area (Å²) in [5.41, 5.74) is 4.55. The minimum Gasteiger partial charge on any atom is -0.497 e. The highest BCUT2D eigenvalue weighted by Gasteiger charge is 2.19. The highest BCUT2D eigenvalue weighted by Crippen LogP contribution is 2.30. The number of aromatic nitrogens is 2. The van der Waals surface area contributed by atoms with E-state index in [1.807, 2.05) is 0 Å². The molecule has 2 aromatic carbocycles. The van der Waals surface area contributed by atoms with Gasteiger partial charge in [0, 0.05) is 12.1 Å². The highest BCUT2D eigenvalue weighted by atomic mass is 16.5. The summed E-state index contributed by atoms with van der Waals surface area (Å²) in [7, 11) is 4.34. The summed E-state index contributed by atoms with van der Waals surface area (Å²) < 4.78 is 17.8. The van der Waals surface area contributed by atoms with Crippen LogP contribution in [0, 0.1) is 0 Å². The van der Waals surface area contributed by atoms with Gasteiger partial charge in [-0.1, -0.05) is 6.07 Å². The maximum atomic E-state index is 13.2. The number of nitrogens with two attached hydrogens (primary N) is 1. The first-order valence-electron chi connectivity index (χ1n) is 8.25. The topological polar surface area (TPSA) is 115 Å². The molecule has 0 unspecified atom stereocenters. The minimum absolute atomic E-state index is 0.168. The number of carbonyl (C=O) groups excluding carboxylic acids is 1. The number of rotatable bonds is 6. The largest absolute Gasteiger partial charge is 0.497 e. The zero-order valence-corrected chi connectivity index (χ0v) is 15.6. The molecule has 2 N–H and O–H groups in total. The van der Waals surface area contributed by atoms with Gasteiger partial charge in [-0.25, -0.2) is 9.36 Å². The first-order chi connectivity index (χ1) is 13.4. The van der Waals surface area contributed by atoms with E-state index in [-0.39, 0.29) is 10.9 Å². The number of ether oxygens (including phenoxy) is 3. The van der Waals surface area contributed by atoms with Crippen molar-refractivity contribution in [2.24, 2.45) is 5.73 Å². The summed E-state index contributed by atoms with van der Waals surface area (Å²) in [4.78, 5) is 37.8. The molecule has 1 aromatic heterocycles. The van der Waals surface area contributed by atoms with Crippen molar-refractivity contribution in [3.05, 3.63) is 57.2 Å². The fourth-order valence-corrected chi connectivity index (χ4v) is 2.98. The second-order valence-electron chi connectivity index (χ2n) is 5.90. The average Bonchev–Trinajstić information content (AvgIpc) is 2.70. The Kier molecular flexibility index (Phi) is 5.08. The fraction of sp³-hybridized carbons (Fsp3) is 0.211. The lowest BCUT2D eigenvalue weighted by Crippen LogP contribution is -2.41. The summed E-state index contributed by atoms with van der Waals surface area (Å²) in [6.45, 7) is -0.408. The van der Waals surface area contributed by atoms with Crippen LogP contribution in [-0.4, -0.2) is 36.4 Å². The molecule has 1 amide bonds.